The molecule has 2 heterocycles. The number of hydrogen-bond acceptors (Lipinski definition) is 3. The maximum absolute atomic E-state index is 10.3. The average Bonchev–Trinajstić information content (AvgIpc) is 2.54. The molecular weight excluding hydrogens is 310 g/mol. The van der Waals surface area contributed by atoms with Gasteiger partial charge >= 0.3 is 0 Å². The van der Waals surface area contributed by atoms with Crippen LogP contribution in [0.3, 0.4) is 0 Å². The lowest BCUT2D eigenvalue weighted by molar-refractivity contribution is 0.0965. The lowest BCUT2D eigenvalue weighted by Gasteiger charge is -2.33. The Labute approximate surface area is 140 Å². The van der Waals surface area contributed by atoms with Crippen LogP contribution >= 0.6 is 11.6 Å². The summed E-state index contributed by atoms with van der Waals surface area (Å²) in [6.45, 7) is 2.88. The number of aliphatic hydroxyl groups excluding tert-OH is 1. The molecule has 0 radical (unpaired) electrons. The maximum atomic E-state index is 10.3. The Kier molecular flexibility index (Phi) is 3.85. The molecule has 4 rings (SSSR count). The Morgan fingerprint density at radius 2 is 2.09 bits per heavy atom. The molecule has 2 aromatic carbocycles. The first-order valence-corrected chi connectivity index (χ1v) is 8.17. The van der Waals surface area contributed by atoms with E-state index in [2.05, 4.69) is 17.0 Å². The van der Waals surface area contributed by atoms with Crippen LogP contribution in [0.25, 0.3) is 6.08 Å². The van der Waals surface area contributed by atoms with E-state index in [-0.39, 0.29) is 0 Å². The summed E-state index contributed by atoms with van der Waals surface area (Å²) in [5.41, 5.74) is 4.48. The van der Waals surface area contributed by atoms with Crippen LogP contribution in [-0.2, 0) is 6.54 Å². The van der Waals surface area contributed by atoms with Crippen molar-refractivity contribution in [1.29, 1.82) is 0 Å². The van der Waals surface area contributed by atoms with Crippen molar-refractivity contribution in [2.45, 2.75) is 12.6 Å². The molecule has 2 aromatic rings. The third-order valence-corrected chi connectivity index (χ3v) is 4.65. The fraction of sp³-hybridized carbons (Fsp3) is 0.263. The minimum Gasteiger partial charge on any atom is -0.489 e. The van der Waals surface area contributed by atoms with Crippen LogP contribution in [-0.4, -0.2) is 29.7 Å². The van der Waals surface area contributed by atoms with Crippen LogP contribution in [0.2, 0.25) is 5.02 Å². The zero-order chi connectivity index (χ0) is 15.8. The number of rotatable bonds is 2. The van der Waals surface area contributed by atoms with Gasteiger partial charge in [0, 0.05) is 30.2 Å². The SMILES string of the molecule is OC1CN(CC2=Cc3cc(Cl)ccc3OC2)Cc2ccccc21. The summed E-state index contributed by atoms with van der Waals surface area (Å²) in [6, 6.07) is 13.8. The summed E-state index contributed by atoms with van der Waals surface area (Å²) >= 11 is 6.06. The minimum atomic E-state index is -0.424. The van der Waals surface area contributed by atoms with Crippen LogP contribution in [0.15, 0.2) is 48.0 Å². The molecule has 0 aromatic heterocycles. The number of nitrogens with zero attached hydrogens (tertiary/aromatic N) is 1. The number of β-amino-alcohol motifs (C(OH)–C–C–N with tert-alkyl or cyclic N) is 1. The molecule has 0 amide bonds. The van der Waals surface area contributed by atoms with Gasteiger partial charge in [0.2, 0.25) is 0 Å². The van der Waals surface area contributed by atoms with E-state index in [1.54, 1.807) is 0 Å². The second-order valence-electron chi connectivity index (χ2n) is 6.16. The van der Waals surface area contributed by atoms with Gasteiger partial charge in [-0.25, -0.2) is 0 Å². The molecule has 0 saturated carbocycles. The molecule has 0 fully saturated rings. The Hall–Kier alpha value is -1.81. The fourth-order valence-corrected chi connectivity index (χ4v) is 3.53. The molecular formula is C19H18ClNO2. The van der Waals surface area contributed by atoms with E-state index in [4.69, 9.17) is 16.3 Å². The Bertz CT molecular complexity index is 772. The Morgan fingerprint density at radius 1 is 1.22 bits per heavy atom. The molecule has 23 heavy (non-hydrogen) atoms. The van der Waals surface area contributed by atoms with Gasteiger partial charge in [-0.2, -0.15) is 0 Å². The van der Waals surface area contributed by atoms with Gasteiger partial charge < -0.3 is 9.84 Å². The van der Waals surface area contributed by atoms with Gasteiger partial charge in [0.15, 0.2) is 0 Å². The number of hydrogen-bond donors (Lipinski definition) is 1. The zero-order valence-corrected chi connectivity index (χ0v) is 13.5. The predicted octanol–water partition coefficient (Wildman–Crippen LogP) is 3.67. The van der Waals surface area contributed by atoms with E-state index in [9.17, 15) is 5.11 Å². The summed E-state index contributed by atoms with van der Waals surface area (Å²) in [5.74, 6) is 0.877. The average molecular weight is 328 g/mol. The Balaban J connectivity index is 1.53. The highest BCUT2D eigenvalue weighted by atomic mass is 35.5. The van der Waals surface area contributed by atoms with Crippen molar-refractivity contribution in [3.05, 3.63) is 69.8 Å². The molecule has 2 aliphatic rings. The highest BCUT2D eigenvalue weighted by Gasteiger charge is 2.24. The molecule has 1 atom stereocenters. The monoisotopic (exact) mass is 327 g/mol. The van der Waals surface area contributed by atoms with Crippen molar-refractivity contribution >= 4 is 17.7 Å². The first-order chi connectivity index (χ1) is 11.2. The second kappa shape index (κ2) is 6.00. The maximum Gasteiger partial charge on any atom is 0.127 e. The van der Waals surface area contributed by atoms with Crippen molar-refractivity contribution in [2.24, 2.45) is 0 Å². The number of ether oxygens (including phenoxy) is 1. The van der Waals surface area contributed by atoms with Gasteiger partial charge in [-0.1, -0.05) is 35.9 Å². The number of halogens is 1. The molecule has 0 spiro atoms. The molecule has 0 bridgehead atoms. The first-order valence-electron chi connectivity index (χ1n) is 7.79. The van der Waals surface area contributed by atoms with Gasteiger partial charge in [0.05, 0.1) is 6.10 Å². The summed E-state index contributed by atoms with van der Waals surface area (Å²) in [5, 5.41) is 11.1. The smallest absolute Gasteiger partial charge is 0.127 e. The van der Waals surface area contributed by atoms with Gasteiger partial charge in [-0.15, -0.1) is 0 Å². The van der Waals surface area contributed by atoms with E-state index in [0.29, 0.717) is 18.2 Å². The van der Waals surface area contributed by atoms with E-state index in [1.165, 1.54) is 11.1 Å². The van der Waals surface area contributed by atoms with Crippen molar-refractivity contribution in [2.75, 3.05) is 19.7 Å². The Morgan fingerprint density at radius 3 is 3.00 bits per heavy atom. The molecule has 118 valence electrons. The normalized spacial score (nSPS) is 20.3. The summed E-state index contributed by atoms with van der Waals surface area (Å²) < 4.78 is 5.81. The van der Waals surface area contributed by atoms with Crippen molar-refractivity contribution in [3.63, 3.8) is 0 Å². The molecule has 4 heteroatoms. The number of benzene rings is 2. The van der Waals surface area contributed by atoms with Crippen LogP contribution in [0.5, 0.6) is 5.75 Å². The summed E-state index contributed by atoms with van der Waals surface area (Å²) in [4.78, 5) is 2.26. The topological polar surface area (TPSA) is 32.7 Å². The van der Waals surface area contributed by atoms with Crippen molar-refractivity contribution < 1.29 is 9.84 Å². The van der Waals surface area contributed by atoms with E-state index in [1.807, 2.05) is 36.4 Å². The van der Waals surface area contributed by atoms with Crippen molar-refractivity contribution in [3.8, 4) is 5.75 Å². The molecule has 0 aliphatic carbocycles. The second-order valence-corrected chi connectivity index (χ2v) is 6.59. The molecule has 0 saturated heterocycles. The van der Waals surface area contributed by atoms with Gasteiger partial charge in [-0.3, -0.25) is 4.90 Å². The molecule has 2 aliphatic heterocycles. The molecule has 1 unspecified atom stereocenters. The first kappa shape index (κ1) is 14.8. The third-order valence-electron chi connectivity index (χ3n) is 4.41. The van der Waals surface area contributed by atoms with Crippen LogP contribution in [0.1, 0.15) is 22.8 Å². The van der Waals surface area contributed by atoms with Crippen LogP contribution in [0, 0.1) is 0 Å². The van der Waals surface area contributed by atoms with E-state index >= 15 is 0 Å². The quantitative estimate of drug-likeness (QED) is 0.913. The minimum absolute atomic E-state index is 0.424. The van der Waals surface area contributed by atoms with Gasteiger partial charge in [-0.05, 0) is 41.0 Å². The van der Waals surface area contributed by atoms with E-state index in [0.717, 1.165) is 30.0 Å². The van der Waals surface area contributed by atoms with Crippen molar-refractivity contribution in [1.82, 2.24) is 4.90 Å². The fourth-order valence-electron chi connectivity index (χ4n) is 3.35. The highest BCUT2D eigenvalue weighted by Crippen LogP contribution is 2.31. The lowest BCUT2D eigenvalue weighted by Crippen LogP contribution is -2.35. The lowest BCUT2D eigenvalue weighted by atomic mass is 9.97. The molecule has 1 N–H and O–H groups in total. The number of fused-ring (bicyclic) bond motifs is 2. The molecule has 3 nitrogen and oxygen atoms in total. The summed E-state index contributed by atoms with van der Waals surface area (Å²) in [6.07, 6.45) is 1.73. The standard InChI is InChI=1S/C19H18ClNO2/c20-16-5-6-19-15(8-16)7-13(12-23-19)9-21-10-14-3-1-2-4-17(14)18(22)11-21/h1-8,18,22H,9-12H2. The van der Waals surface area contributed by atoms with Gasteiger partial charge in [0.1, 0.15) is 12.4 Å². The van der Waals surface area contributed by atoms with Crippen LogP contribution in [0.4, 0.5) is 0 Å². The van der Waals surface area contributed by atoms with Crippen LogP contribution < -0.4 is 4.74 Å². The predicted molar refractivity (Wildman–Crippen MR) is 91.6 cm³/mol. The zero-order valence-electron chi connectivity index (χ0n) is 12.7. The van der Waals surface area contributed by atoms with Gasteiger partial charge in [0.25, 0.3) is 0 Å². The third kappa shape index (κ3) is 3.00. The highest BCUT2D eigenvalue weighted by molar-refractivity contribution is 6.30. The number of aliphatic hydroxyl groups is 1. The summed E-state index contributed by atoms with van der Waals surface area (Å²) in [7, 11) is 0. The largest absolute Gasteiger partial charge is 0.489 e. The van der Waals surface area contributed by atoms with E-state index < -0.39 is 6.10 Å².